The Morgan fingerprint density at radius 1 is 1.44 bits per heavy atom. The summed E-state index contributed by atoms with van der Waals surface area (Å²) in [6.45, 7) is 2.83. The molecule has 0 unspecified atom stereocenters. The molecule has 0 radical (unpaired) electrons. The van der Waals surface area contributed by atoms with E-state index in [0.717, 1.165) is 25.1 Å². The Hall–Kier alpha value is -1.75. The molecule has 2 heterocycles. The molecule has 18 heavy (non-hydrogen) atoms. The number of fused-ring (bicyclic) bond motifs is 1. The average molecular weight is 259 g/mol. The van der Waals surface area contributed by atoms with Crippen LogP contribution in [-0.2, 0) is 6.42 Å². The van der Waals surface area contributed by atoms with E-state index in [1.165, 1.54) is 22.7 Å². The molecule has 5 heteroatoms. The summed E-state index contributed by atoms with van der Waals surface area (Å²) in [4.78, 5) is 14.2. The Morgan fingerprint density at radius 3 is 3.11 bits per heavy atom. The largest absolute Gasteiger partial charge is 0.307 e. The van der Waals surface area contributed by atoms with Crippen LogP contribution < -0.4 is 4.90 Å². The molecule has 1 aromatic heterocycles. The van der Waals surface area contributed by atoms with E-state index in [9.17, 15) is 4.79 Å². The van der Waals surface area contributed by atoms with Gasteiger partial charge in [0.15, 0.2) is 5.69 Å². The number of anilines is 1. The molecular formula is C13H13N3OS. The van der Waals surface area contributed by atoms with Crippen molar-refractivity contribution in [2.45, 2.75) is 19.8 Å². The molecule has 0 saturated heterocycles. The first-order valence-corrected chi connectivity index (χ1v) is 6.78. The normalized spacial score (nSPS) is 14.4. The minimum absolute atomic E-state index is 0.0476. The van der Waals surface area contributed by atoms with E-state index in [1.54, 1.807) is 5.38 Å². The van der Waals surface area contributed by atoms with E-state index < -0.39 is 0 Å². The lowest BCUT2D eigenvalue weighted by atomic mass is 9.99. The molecule has 92 valence electrons. The molecule has 3 rings (SSSR count). The van der Waals surface area contributed by atoms with Crippen molar-refractivity contribution in [2.24, 2.45) is 0 Å². The topological polar surface area (TPSA) is 46.1 Å². The van der Waals surface area contributed by atoms with Gasteiger partial charge in [-0.2, -0.15) is 0 Å². The van der Waals surface area contributed by atoms with Crippen LogP contribution in [0.5, 0.6) is 0 Å². The van der Waals surface area contributed by atoms with E-state index in [1.807, 2.05) is 17.0 Å². The van der Waals surface area contributed by atoms with Gasteiger partial charge in [0.2, 0.25) is 0 Å². The average Bonchev–Trinajstić information content (AvgIpc) is 2.90. The van der Waals surface area contributed by atoms with Crippen molar-refractivity contribution in [1.82, 2.24) is 9.59 Å². The maximum atomic E-state index is 12.3. The van der Waals surface area contributed by atoms with E-state index in [0.29, 0.717) is 5.69 Å². The Bertz CT molecular complexity index is 580. The summed E-state index contributed by atoms with van der Waals surface area (Å²) in [6, 6.07) is 6.24. The SMILES string of the molecule is Cc1ccc2c(c1)CCCN2C(=O)c1csnn1. The molecule has 0 saturated carbocycles. The third-order valence-corrected chi connectivity index (χ3v) is 3.68. The van der Waals surface area contributed by atoms with Crippen LogP contribution in [0.4, 0.5) is 5.69 Å². The Kier molecular flexibility index (Phi) is 2.83. The van der Waals surface area contributed by atoms with E-state index in [-0.39, 0.29) is 5.91 Å². The van der Waals surface area contributed by atoms with Gasteiger partial charge in [0.05, 0.1) is 0 Å². The molecule has 0 fully saturated rings. The number of nitrogens with zero attached hydrogens (tertiary/aromatic N) is 3. The van der Waals surface area contributed by atoms with Crippen molar-refractivity contribution >= 4 is 23.1 Å². The highest BCUT2D eigenvalue weighted by Crippen LogP contribution is 2.29. The van der Waals surface area contributed by atoms with Crippen molar-refractivity contribution in [2.75, 3.05) is 11.4 Å². The number of aromatic nitrogens is 2. The fraction of sp³-hybridized carbons (Fsp3) is 0.308. The number of aryl methyl sites for hydroxylation is 2. The van der Waals surface area contributed by atoms with Gasteiger partial charge in [-0.05, 0) is 42.9 Å². The molecule has 0 atom stereocenters. The highest BCUT2D eigenvalue weighted by atomic mass is 32.1. The van der Waals surface area contributed by atoms with E-state index >= 15 is 0 Å². The van der Waals surface area contributed by atoms with Crippen LogP contribution in [0.15, 0.2) is 23.6 Å². The Morgan fingerprint density at radius 2 is 2.33 bits per heavy atom. The van der Waals surface area contributed by atoms with Crippen LogP contribution >= 0.6 is 11.5 Å². The molecule has 0 N–H and O–H groups in total. The summed E-state index contributed by atoms with van der Waals surface area (Å²) in [5.74, 6) is -0.0476. The van der Waals surface area contributed by atoms with Crippen molar-refractivity contribution in [3.63, 3.8) is 0 Å². The molecule has 2 aromatic rings. The zero-order chi connectivity index (χ0) is 12.5. The van der Waals surface area contributed by atoms with Crippen molar-refractivity contribution in [3.05, 3.63) is 40.4 Å². The van der Waals surface area contributed by atoms with Crippen LogP contribution in [-0.4, -0.2) is 22.0 Å². The Balaban J connectivity index is 1.99. The number of hydrogen-bond donors (Lipinski definition) is 0. The highest BCUT2D eigenvalue weighted by molar-refractivity contribution is 7.03. The third-order valence-electron chi connectivity index (χ3n) is 3.18. The standard InChI is InChI=1S/C13H13N3OS/c1-9-4-5-12-10(7-9)3-2-6-16(12)13(17)11-8-18-15-14-11/h4-5,7-8H,2-3,6H2,1H3. The summed E-state index contributed by atoms with van der Waals surface area (Å²) < 4.78 is 3.75. The number of carbonyl (C=O) groups is 1. The van der Waals surface area contributed by atoms with E-state index in [2.05, 4.69) is 22.6 Å². The van der Waals surface area contributed by atoms with Crippen molar-refractivity contribution in [1.29, 1.82) is 0 Å². The maximum absolute atomic E-state index is 12.3. The minimum Gasteiger partial charge on any atom is -0.307 e. The predicted molar refractivity (Wildman–Crippen MR) is 71.1 cm³/mol. The molecule has 0 spiro atoms. The van der Waals surface area contributed by atoms with Crippen molar-refractivity contribution < 1.29 is 4.79 Å². The van der Waals surface area contributed by atoms with Crippen LogP contribution in [0.2, 0.25) is 0 Å². The van der Waals surface area contributed by atoms with Gasteiger partial charge in [-0.15, -0.1) is 5.10 Å². The summed E-state index contributed by atoms with van der Waals surface area (Å²) in [5.41, 5.74) is 3.94. The molecule has 1 aliphatic rings. The second-order valence-electron chi connectivity index (χ2n) is 4.48. The maximum Gasteiger partial charge on any atom is 0.279 e. The van der Waals surface area contributed by atoms with Gasteiger partial charge < -0.3 is 4.90 Å². The monoisotopic (exact) mass is 259 g/mol. The zero-order valence-corrected chi connectivity index (χ0v) is 10.9. The highest BCUT2D eigenvalue weighted by Gasteiger charge is 2.24. The number of rotatable bonds is 1. The summed E-state index contributed by atoms with van der Waals surface area (Å²) in [6.07, 6.45) is 2.04. The fourth-order valence-corrected chi connectivity index (χ4v) is 2.76. The van der Waals surface area contributed by atoms with Crippen LogP contribution in [0.3, 0.4) is 0 Å². The van der Waals surface area contributed by atoms with E-state index in [4.69, 9.17) is 0 Å². The second-order valence-corrected chi connectivity index (χ2v) is 5.09. The van der Waals surface area contributed by atoms with Crippen LogP contribution in [0, 0.1) is 6.92 Å². The number of hydrogen-bond acceptors (Lipinski definition) is 4. The van der Waals surface area contributed by atoms with Crippen LogP contribution in [0.1, 0.15) is 28.0 Å². The van der Waals surface area contributed by atoms with Gasteiger partial charge in [-0.3, -0.25) is 4.79 Å². The molecule has 4 nitrogen and oxygen atoms in total. The molecular weight excluding hydrogens is 246 g/mol. The zero-order valence-electron chi connectivity index (χ0n) is 10.1. The first-order valence-electron chi connectivity index (χ1n) is 5.94. The lowest BCUT2D eigenvalue weighted by molar-refractivity contribution is 0.0980. The van der Waals surface area contributed by atoms with Gasteiger partial charge >= 0.3 is 0 Å². The van der Waals surface area contributed by atoms with Gasteiger partial charge in [0, 0.05) is 17.6 Å². The van der Waals surface area contributed by atoms with Crippen molar-refractivity contribution in [3.8, 4) is 0 Å². The smallest absolute Gasteiger partial charge is 0.279 e. The number of benzene rings is 1. The molecule has 1 amide bonds. The van der Waals surface area contributed by atoms with Crippen LogP contribution in [0.25, 0.3) is 0 Å². The van der Waals surface area contributed by atoms with Gasteiger partial charge in [0.1, 0.15) is 0 Å². The quantitative estimate of drug-likeness (QED) is 0.790. The lowest BCUT2D eigenvalue weighted by Crippen LogP contribution is -2.35. The predicted octanol–water partition coefficient (Wildman–Crippen LogP) is 2.44. The second kappa shape index (κ2) is 4.49. The lowest BCUT2D eigenvalue weighted by Gasteiger charge is -2.29. The molecule has 0 aliphatic carbocycles. The van der Waals surface area contributed by atoms with Gasteiger partial charge in [-0.25, -0.2) is 0 Å². The Labute approximate surface area is 109 Å². The molecule has 1 aliphatic heterocycles. The van der Waals surface area contributed by atoms with Gasteiger partial charge in [0.25, 0.3) is 5.91 Å². The first kappa shape index (κ1) is 11.3. The minimum atomic E-state index is -0.0476. The first-order chi connectivity index (χ1) is 8.75. The number of carbonyl (C=O) groups excluding carboxylic acids is 1. The third kappa shape index (κ3) is 1.90. The summed E-state index contributed by atoms with van der Waals surface area (Å²) >= 11 is 1.21. The molecule has 0 bridgehead atoms. The van der Waals surface area contributed by atoms with Gasteiger partial charge in [-0.1, -0.05) is 22.2 Å². The summed E-state index contributed by atoms with van der Waals surface area (Å²) in [5, 5.41) is 5.56. The fourth-order valence-electron chi connectivity index (χ4n) is 2.33. The summed E-state index contributed by atoms with van der Waals surface area (Å²) in [7, 11) is 0. The number of amides is 1. The molecule has 1 aromatic carbocycles.